The molecule has 0 fully saturated rings. The first kappa shape index (κ1) is 17.9. The summed E-state index contributed by atoms with van der Waals surface area (Å²) in [6, 6.07) is 9.64. The average molecular weight is 393 g/mol. The van der Waals surface area contributed by atoms with E-state index in [2.05, 4.69) is 0 Å². The summed E-state index contributed by atoms with van der Waals surface area (Å²) < 4.78 is 5.05. The first-order chi connectivity index (χ1) is 12.3. The van der Waals surface area contributed by atoms with E-state index in [1.165, 1.54) is 49.6 Å². The van der Waals surface area contributed by atoms with Crippen LogP contribution in [0.2, 0.25) is 5.02 Å². The summed E-state index contributed by atoms with van der Waals surface area (Å²) in [5.74, 6) is -0.953. The molecule has 2 amide bonds. The van der Waals surface area contributed by atoms with Crippen LogP contribution in [0.1, 0.15) is 5.56 Å². The van der Waals surface area contributed by atoms with Crippen molar-refractivity contribution in [2.24, 2.45) is 0 Å². The van der Waals surface area contributed by atoms with Crippen LogP contribution in [0, 0.1) is 10.1 Å². The van der Waals surface area contributed by atoms with Gasteiger partial charge in [-0.1, -0.05) is 23.2 Å². The molecule has 3 rings (SSSR count). The van der Waals surface area contributed by atoms with E-state index >= 15 is 0 Å². The molecule has 26 heavy (non-hydrogen) atoms. The van der Waals surface area contributed by atoms with Gasteiger partial charge in [0.05, 0.1) is 28.3 Å². The lowest BCUT2D eigenvalue weighted by Gasteiger charge is -2.16. The Morgan fingerprint density at radius 2 is 1.69 bits per heavy atom. The van der Waals surface area contributed by atoms with E-state index in [-0.39, 0.29) is 27.0 Å². The number of nitro benzene ring substituents is 1. The maximum Gasteiger partial charge on any atom is 0.277 e. The molecule has 0 N–H and O–H groups in total. The highest BCUT2D eigenvalue weighted by atomic mass is 35.5. The molecule has 1 aliphatic rings. The third-order valence-electron chi connectivity index (χ3n) is 3.79. The molecule has 0 aromatic heterocycles. The van der Waals surface area contributed by atoms with E-state index in [4.69, 9.17) is 27.9 Å². The van der Waals surface area contributed by atoms with E-state index in [1.807, 2.05) is 0 Å². The fourth-order valence-corrected chi connectivity index (χ4v) is 3.06. The normalized spacial score (nSPS) is 14.2. The number of anilines is 1. The van der Waals surface area contributed by atoms with E-state index in [0.717, 1.165) is 4.90 Å². The Hall–Kier alpha value is -2.90. The second kappa shape index (κ2) is 6.78. The molecular formula is C17H10Cl2N2O5. The van der Waals surface area contributed by atoms with E-state index < -0.39 is 16.7 Å². The van der Waals surface area contributed by atoms with Crippen LogP contribution in [0.3, 0.4) is 0 Å². The average Bonchev–Trinajstić information content (AvgIpc) is 2.84. The number of methoxy groups -OCH3 is 1. The second-order valence-electron chi connectivity index (χ2n) is 5.26. The lowest BCUT2D eigenvalue weighted by atomic mass is 10.1. The Bertz CT molecular complexity index is 970. The number of rotatable bonds is 4. The van der Waals surface area contributed by atoms with Crippen molar-refractivity contribution in [2.45, 2.75) is 0 Å². The molecule has 0 saturated heterocycles. The van der Waals surface area contributed by atoms with Gasteiger partial charge in [-0.3, -0.25) is 19.7 Å². The van der Waals surface area contributed by atoms with Gasteiger partial charge >= 0.3 is 0 Å². The molecule has 0 saturated carbocycles. The molecule has 2 aromatic rings. The summed E-state index contributed by atoms with van der Waals surface area (Å²) in [5, 5.41) is 10.7. The van der Waals surface area contributed by atoms with Gasteiger partial charge in [0.2, 0.25) is 0 Å². The SMILES string of the molecule is COc1ccc(N2C(=O)C(Cl)=C(c3ccc([N+](=O)[O-])cc3)C2=O)cc1Cl. The molecule has 0 spiro atoms. The first-order valence-electron chi connectivity index (χ1n) is 7.22. The van der Waals surface area contributed by atoms with Crippen molar-refractivity contribution in [3.8, 4) is 5.75 Å². The molecule has 1 aliphatic heterocycles. The largest absolute Gasteiger partial charge is 0.495 e. The summed E-state index contributed by atoms with van der Waals surface area (Å²) in [6.45, 7) is 0. The summed E-state index contributed by atoms with van der Waals surface area (Å²) in [5.41, 5.74) is 0.376. The summed E-state index contributed by atoms with van der Waals surface area (Å²) in [4.78, 5) is 36.3. The molecule has 0 radical (unpaired) electrons. The minimum absolute atomic E-state index is 0.0292. The zero-order chi connectivity index (χ0) is 19.0. The topological polar surface area (TPSA) is 89.8 Å². The van der Waals surface area contributed by atoms with Crippen molar-refractivity contribution in [1.82, 2.24) is 0 Å². The molecule has 9 heteroatoms. The van der Waals surface area contributed by atoms with Gasteiger partial charge in [0.25, 0.3) is 17.5 Å². The van der Waals surface area contributed by atoms with Crippen LogP contribution in [-0.4, -0.2) is 23.8 Å². The number of carbonyl (C=O) groups excluding carboxylic acids is 2. The van der Waals surface area contributed by atoms with E-state index in [0.29, 0.717) is 11.3 Å². The zero-order valence-electron chi connectivity index (χ0n) is 13.2. The van der Waals surface area contributed by atoms with Crippen LogP contribution >= 0.6 is 23.2 Å². The molecule has 0 aliphatic carbocycles. The standard InChI is InChI=1S/C17H10Cl2N2O5/c1-26-13-7-6-11(8-12(13)18)20-16(22)14(15(19)17(20)23)9-2-4-10(5-3-9)21(24)25/h2-8H,1H3. The minimum Gasteiger partial charge on any atom is -0.495 e. The molecule has 7 nitrogen and oxygen atoms in total. The lowest BCUT2D eigenvalue weighted by Crippen LogP contribution is -2.31. The highest BCUT2D eigenvalue weighted by Gasteiger charge is 2.39. The highest BCUT2D eigenvalue weighted by molar-refractivity contribution is 6.60. The second-order valence-corrected chi connectivity index (χ2v) is 6.04. The Labute approximate surface area is 157 Å². The Morgan fingerprint density at radius 3 is 2.23 bits per heavy atom. The van der Waals surface area contributed by atoms with Gasteiger partial charge in [0.15, 0.2) is 0 Å². The van der Waals surface area contributed by atoms with Gasteiger partial charge in [0, 0.05) is 12.1 Å². The fourth-order valence-electron chi connectivity index (χ4n) is 2.53. The Kier molecular flexibility index (Phi) is 4.67. The van der Waals surface area contributed by atoms with Gasteiger partial charge in [-0.25, -0.2) is 4.90 Å². The van der Waals surface area contributed by atoms with Gasteiger partial charge in [-0.05, 0) is 35.9 Å². The third kappa shape index (κ3) is 2.91. The van der Waals surface area contributed by atoms with E-state index in [9.17, 15) is 19.7 Å². The molecular weight excluding hydrogens is 383 g/mol. The summed E-state index contributed by atoms with van der Waals surface area (Å²) in [7, 11) is 1.44. The van der Waals surface area contributed by atoms with Crippen LogP contribution in [0.4, 0.5) is 11.4 Å². The smallest absolute Gasteiger partial charge is 0.277 e. The van der Waals surface area contributed by atoms with Crippen molar-refractivity contribution < 1.29 is 19.2 Å². The number of ether oxygens (including phenoxy) is 1. The number of halogens is 2. The van der Waals surface area contributed by atoms with Gasteiger partial charge in [-0.15, -0.1) is 0 Å². The van der Waals surface area contributed by atoms with Crippen molar-refractivity contribution in [3.63, 3.8) is 0 Å². The Balaban J connectivity index is 1.99. The lowest BCUT2D eigenvalue weighted by molar-refractivity contribution is -0.384. The Morgan fingerprint density at radius 1 is 1.04 bits per heavy atom. The molecule has 0 unspecified atom stereocenters. The number of hydrogen-bond donors (Lipinski definition) is 0. The van der Waals surface area contributed by atoms with Crippen LogP contribution in [0.5, 0.6) is 5.75 Å². The predicted molar refractivity (Wildman–Crippen MR) is 96.4 cm³/mol. The summed E-state index contributed by atoms with van der Waals surface area (Å²) in [6.07, 6.45) is 0. The van der Waals surface area contributed by atoms with Gasteiger partial charge in [0.1, 0.15) is 10.8 Å². The number of non-ortho nitro benzene ring substituents is 1. The van der Waals surface area contributed by atoms with Crippen molar-refractivity contribution in [2.75, 3.05) is 12.0 Å². The third-order valence-corrected chi connectivity index (χ3v) is 4.43. The predicted octanol–water partition coefficient (Wildman–Crippen LogP) is 3.78. The number of nitro groups is 1. The monoisotopic (exact) mass is 392 g/mol. The van der Waals surface area contributed by atoms with Gasteiger partial charge in [-0.2, -0.15) is 0 Å². The maximum atomic E-state index is 12.8. The van der Waals surface area contributed by atoms with E-state index in [1.54, 1.807) is 0 Å². The number of imide groups is 1. The van der Waals surface area contributed by atoms with Crippen LogP contribution in [0.25, 0.3) is 5.57 Å². The molecule has 1 heterocycles. The number of carbonyl (C=O) groups is 2. The van der Waals surface area contributed by atoms with Crippen molar-refractivity contribution in [1.29, 1.82) is 0 Å². The molecule has 132 valence electrons. The number of amides is 2. The van der Waals surface area contributed by atoms with Crippen LogP contribution in [-0.2, 0) is 9.59 Å². The van der Waals surface area contributed by atoms with Crippen LogP contribution < -0.4 is 9.64 Å². The molecule has 0 bridgehead atoms. The molecule has 0 atom stereocenters. The van der Waals surface area contributed by atoms with Gasteiger partial charge < -0.3 is 4.74 Å². The zero-order valence-corrected chi connectivity index (χ0v) is 14.7. The minimum atomic E-state index is -0.703. The number of nitrogens with zero attached hydrogens (tertiary/aromatic N) is 2. The quantitative estimate of drug-likeness (QED) is 0.448. The summed E-state index contributed by atoms with van der Waals surface area (Å²) >= 11 is 12.1. The number of hydrogen-bond acceptors (Lipinski definition) is 5. The maximum absolute atomic E-state index is 12.8. The molecule has 2 aromatic carbocycles. The highest BCUT2D eigenvalue weighted by Crippen LogP contribution is 2.37. The van der Waals surface area contributed by atoms with Crippen molar-refractivity contribution in [3.05, 3.63) is 68.2 Å². The first-order valence-corrected chi connectivity index (χ1v) is 7.97. The van der Waals surface area contributed by atoms with Crippen molar-refractivity contribution >= 4 is 52.0 Å². The fraction of sp³-hybridized carbons (Fsp3) is 0.0588. The van der Waals surface area contributed by atoms with Crippen LogP contribution in [0.15, 0.2) is 47.5 Å². The number of benzene rings is 2.